The number of rotatable bonds is 3. The lowest BCUT2D eigenvalue weighted by Crippen LogP contribution is -1.98. The van der Waals surface area contributed by atoms with E-state index in [1.165, 1.54) is 0 Å². The van der Waals surface area contributed by atoms with Crippen LogP contribution in [-0.4, -0.2) is 16.4 Å². The molecule has 0 bridgehead atoms. The molecule has 1 heterocycles. The monoisotopic (exact) mass is 165 g/mol. The fourth-order valence-electron chi connectivity index (χ4n) is 0.904. The van der Waals surface area contributed by atoms with Gasteiger partial charge in [-0.25, -0.2) is 0 Å². The molecule has 1 rings (SSSR count). The normalized spacial score (nSPS) is 12.5. The fraction of sp³-hybridized carbons (Fsp3) is 0.333. The number of aryl methyl sites for hydroxylation is 1. The fourth-order valence-corrected chi connectivity index (χ4v) is 0.904. The molecule has 0 amide bonds. The number of aromatic nitrogens is 1. The number of aliphatic hydroxyl groups excluding tert-OH is 1. The van der Waals surface area contributed by atoms with Crippen LogP contribution < -0.4 is 0 Å². The Balaban J connectivity index is 2.74. The highest BCUT2D eigenvalue weighted by Crippen LogP contribution is 2.13. The molecule has 0 fully saturated rings. The van der Waals surface area contributed by atoms with E-state index >= 15 is 0 Å². The van der Waals surface area contributed by atoms with Crippen LogP contribution >= 0.6 is 0 Å². The van der Waals surface area contributed by atoms with Gasteiger partial charge in [-0.15, -0.1) is 0 Å². The largest absolute Gasteiger partial charge is 0.388 e. The lowest BCUT2D eigenvalue weighted by molar-refractivity contribution is -0.109. The Morgan fingerprint density at radius 1 is 1.67 bits per heavy atom. The second-order valence-electron chi connectivity index (χ2n) is 2.65. The minimum atomic E-state index is -0.712. The molecule has 0 spiro atoms. The van der Waals surface area contributed by atoms with Gasteiger partial charge in [-0.05, 0) is 18.6 Å². The second kappa shape index (κ2) is 3.97. The summed E-state index contributed by atoms with van der Waals surface area (Å²) >= 11 is 0. The van der Waals surface area contributed by atoms with Crippen molar-refractivity contribution in [1.29, 1.82) is 0 Å². The number of pyridine rings is 1. The topological polar surface area (TPSA) is 50.2 Å². The van der Waals surface area contributed by atoms with Gasteiger partial charge >= 0.3 is 0 Å². The Morgan fingerprint density at radius 3 is 2.92 bits per heavy atom. The number of carbonyl (C=O) groups excluding carboxylic acids is 1. The summed E-state index contributed by atoms with van der Waals surface area (Å²) in [6.45, 7) is 1.87. The quantitative estimate of drug-likeness (QED) is 0.680. The summed E-state index contributed by atoms with van der Waals surface area (Å²) < 4.78 is 0. The molecule has 0 saturated carbocycles. The van der Waals surface area contributed by atoms with E-state index in [9.17, 15) is 9.90 Å². The Labute approximate surface area is 71.1 Å². The van der Waals surface area contributed by atoms with Crippen LogP contribution in [0.25, 0.3) is 0 Å². The summed E-state index contributed by atoms with van der Waals surface area (Å²) in [6.07, 6.45) is 1.70. The highest BCUT2D eigenvalue weighted by atomic mass is 16.3. The molecule has 1 atom stereocenters. The van der Waals surface area contributed by atoms with Gasteiger partial charge in [0.25, 0.3) is 0 Å². The number of nitrogens with zero attached hydrogens (tertiary/aromatic N) is 1. The smallest absolute Gasteiger partial charge is 0.122 e. The summed E-state index contributed by atoms with van der Waals surface area (Å²) in [5.41, 5.74) is 1.59. The van der Waals surface area contributed by atoms with Gasteiger partial charge in [0.05, 0.1) is 6.10 Å². The summed E-state index contributed by atoms with van der Waals surface area (Å²) in [5, 5.41) is 9.34. The van der Waals surface area contributed by atoms with Gasteiger partial charge in [0.2, 0.25) is 0 Å². The molecule has 1 unspecified atom stereocenters. The summed E-state index contributed by atoms with van der Waals surface area (Å²) in [5.74, 6) is 0. The van der Waals surface area contributed by atoms with E-state index < -0.39 is 6.10 Å². The zero-order chi connectivity index (χ0) is 8.97. The van der Waals surface area contributed by atoms with Crippen molar-refractivity contribution in [3.8, 4) is 0 Å². The van der Waals surface area contributed by atoms with E-state index in [-0.39, 0.29) is 6.42 Å². The molecule has 0 aliphatic rings. The molecule has 0 aromatic carbocycles. The molecule has 1 aromatic heterocycles. The van der Waals surface area contributed by atoms with Crippen molar-refractivity contribution in [3.05, 3.63) is 29.6 Å². The zero-order valence-electron chi connectivity index (χ0n) is 6.90. The number of aldehydes is 1. The lowest BCUT2D eigenvalue weighted by atomic mass is 10.1. The van der Waals surface area contributed by atoms with E-state index in [2.05, 4.69) is 4.98 Å². The van der Waals surface area contributed by atoms with E-state index in [4.69, 9.17) is 0 Å². The minimum Gasteiger partial charge on any atom is -0.388 e. The molecular formula is C9H11NO2. The first-order valence-electron chi connectivity index (χ1n) is 3.78. The number of hydrogen-bond acceptors (Lipinski definition) is 3. The SMILES string of the molecule is Cc1ccc(C(O)CC=O)cn1. The Bertz CT molecular complexity index is 256. The van der Waals surface area contributed by atoms with Crippen molar-refractivity contribution < 1.29 is 9.90 Å². The Morgan fingerprint density at radius 2 is 2.42 bits per heavy atom. The van der Waals surface area contributed by atoms with Crippen molar-refractivity contribution in [2.24, 2.45) is 0 Å². The molecule has 0 aliphatic carbocycles. The number of hydrogen-bond donors (Lipinski definition) is 1. The third-order valence-corrected chi connectivity index (χ3v) is 1.64. The van der Waals surface area contributed by atoms with E-state index in [0.717, 1.165) is 5.69 Å². The maximum Gasteiger partial charge on any atom is 0.122 e. The molecule has 12 heavy (non-hydrogen) atoms. The number of aliphatic hydroxyl groups is 1. The predicted molar refractivity (Wildman–Crippen MR) is 44.6 cm³/mol. The van der Waals surface area contributed by atoms with Gasteiger partial charge in [0.1, 0.15) is 6.29 Å². The van der Waals surface area contributed by atoms with Crippen molar-refractivity contribution in [1.82, 2.24) is 4.98 Å². The van der Waals surface area contributed by atoms with Gasteiger partial charge in [0.15, 0.2) is 0 Å². The summed E-state index contributed by atoms with van der Waals surface area (Å²) in [4.78, 5) is 14.1. The van der Waals surface area contributed by atoms with Crippen LogP contribution in [0.4, 0.5) is 0 Å². The Kier molecular flexibility index (Phi) is 2.94. The molecule has 64 valence electrons. The maximum atomic E-state index is 10.1. The molecule has 1 N–H and O–H groups in total. The first kappa shape index (κ1) is 8.87. The van der Waals surface area contributed by atoms with Crippen LogP contribution in [0.3, 0.4) is 0 Å². The number of carbonyl (C=O) groups is 1. The lowest BCUT2D eigenvalue weighted by Gasteiger charge is -2.05. The van der Waals surface area contributed by atoms with Crippen LogP contribution in [0.1, 0.15) is 23.8 Å². The average molecular weight is 165 g/mol. The Hall–Kier alpha value is -1.22. The van der Waals surface area contributed by atoms with Crippen LogP contribution in [0.2, 0.25) is 0 Å². The first-order chi connectivity index (χ1) is 5.74. The molecule has 1 aromatic rings. The third-order valence-electron chi connectivity index (χ3n) is 1.64. The highest BCUT2D eigenvalue weighted by Gasteiger charge is 2.05. The van der Waals surface area contributed by atoms with E-state index in [0.29, 0.717) is 11.8 Å². The van der Waals surface area contributed by atoms with Crippen molar-refractivity contribution in [3.63, 3.8) is 0 Å². The second-order valence-corrected chi connectivity index (χ2v) is 2.65. The summed E-state index contributed by atoms with van der Waals surface area (Å²) in [7, 11) is 0. The molecule has 0 saturated heterocycles. The van der Waals surface area contributed by atoms with Crippen molar-refractivity contribution in [2.45, 2.75) is 19.4 Å². The van der Waals surface area contributed by atoms with Crippen LogP contribution in [0.5, 0.6) is 0 Å². The van der Waals surface area contributed by atoms with E-state index in [1.54, 1.807) is 12.3 Å². The van der Waals surface area contributed by atoms with Gasteiger partial charge < -0.3 is 9.90 Å². The van der Waals surface area contributed by atoms with Gasteiger partial charge in [-0.2, -0.15) is 0 Å². The van der Waals surface area contributed by atoms with Crippen LogP contribution in [0, 0.1) is 6.92 Å². The molecule has 3 nitrogen and oxygen atoms in total. The van der Waals surface area contributed by atoms with Crippen LogP contribution in [0.15, 0.2) is 18.3 Å². The summed E-state index contributed by atoms with van der Waals surface area (Å²) in [6, 6.07) is 3.58. The average Bonchev–Trinajstić information content (AvgIpc) is 2.06. The van der Waals surface area contributed by atoms with Gasteiger partial charge in [-0.3, -0.25) is 4.98 Å². The standard InChI is InChI=1S/C9H11NO2/c1-7-2-3-8(6-10-7)9(12)4-5-11/h2-3,5-6,9,12H,4H2,1H3. The van der Waals surface area contributed by atoms with Gasteiger partial charge in [0, 0.05) is 18.3 Å². The van der Waals surface area contributed by atoms with Crippen molar-refractivity contribution in [2.75, 3.05) is 0 Å². The predicted octanol–water partition coefficient (Wildman–Crippen LogP) is 1.01. The highest BCUT2D eigenvalue weighted by molar-refractivity contribution is 5.50. The molecule has 0 radical (unpaired) electrons. The first-order valence-corrected chi connectivity index (χ1v) is 3.78. The zero-order valence-corrected chi connectivity index (χ0v) is 6.90. The molecular weight excluding hydrogens is 154 g/mol. The molecule has 0 aliphatic heterocycles. The third kappa shape index (κ3) is 2.13. The molecule has 3 heteroatoms. The minimum absolute atomic E-state index is 0.130. The maximum absolute atomic E-state index is 10.1. The van der Waals surface area contributed by atoms with E-state index in [1.807, 2.05) is 13.0 Å². The van der Waals surface area contributed by atoms with Gasteiger partial charge in [-0.1, -0.05) is 6.07 Å². The van der Waals surface area contributed by atoms with Crippen LogP contribution in [-0.2, 0) is 4.79 Å². The van der Waals surface area contributed by atoms with Crippen molar-refractivity contribution >= 4 is 6.29 Å².